The SMILES string of the molecule is CC(C)CC(NC(=O)C1CCCN1C(=O)C(CCC(N)=O)NC(=O)C1CCCN1)C(=O)O. The number of rotatable bonds is 11. The molecule has 4 unspecified atom stereocenters. The minimum atomic E-state index is -1.13. The molecule has 0 aliphatic carbocycles. The Morgan fingerprint density at radius 3 is 2.31 bits per heavy atom. The number of hydrogen-bond donors (Lipinski definition) is 5. The van der Waals surface area contributed by atoms with Gasteiger partial charge in [0.2, 0.25) is 23.6 Å². The van der Waals surface area contributed by atoms with Crippen molar-refractivity contribution in [1.82, 2.24) is 20.9 Å². The molecule has 6 N–H and O–H groups in total. The molecule has 0 aromatic heterocycles. The van der Waals surface area contributed by atoms with E-state index in [4.69, 9.17) is 5.73 Å². The van der Waals surface area contributed by atoms with Gasteiger partial charge in [-0.25, -0.2) is 4.79 Å². The van der Waals surface area contributed by atoms with E-state index >= 15 is 0 Å². The van der Waals surface area contributed by atoms with Crippen LogP contribution in [0.15, 0.2) is 0 Å². The van der Waals surface area contributed by atoms with Crippen molar-refractivity contribution in [1.29, 1.82) is 0 Å². The maximum atomic E-state index is 13.3. The lowest BCUT2D eigenvalue weighted by Gasteiger charge is -2.30. The monoisotopic (exact) mass is 453 g/mol. The molecule has 0 saturated carbocycles. The number of nitrogens with zero attached hydrogens (tertiary/aromatic N) is 1. The highest BCUT2D eigenvalue weighted by molar-refractivity contribution is 5.94. The van der Waals surface area contributed by atoms with Crippen molar-refractivity contribution in [3.8, 4) is 0 Å². The van der Waals surface area contributed by atoms with Crippen LogP contribution in [-0.4, -0.2) is 76.9 Å². The normalized spacial score (nSPS) is 22.4. The highest BCUT2D eigenvalue weighted by Gasteiger charge is 2.39. The average Bonchev–Trinajstić information content (AvgIpc) is 3.41. The van der Waals surface area contributed by atoms with Crippen molar-refractivity contribution in [2.24, 2.45) is 11.7 Å². The average molecular weight is 454 g/mol. The molecule has 11 nitrogen and oxygen atoms in total. The van der Waals surface area contributed by atoms with Crippen molar-refractivity contribution < 1.29 is 29.1 Å². The Morgan fingerprint density at radius 2 is 1.75 bits per heavy atom. The number of carbonyl (C=O) groups is 5. The number of amides is 4. The van der Waals surface area contributed by atoms with Crippen LogP contribution in [0, 0.1) is 5.92 Å². The molecule has 0 spiro atoms. The van der Waals surface area contributed by atoms with Gasteiger partial charge in [-0.2, -0.15) is 0 Å². The fourth-order valence-electron chi connectivity index (χ4n) is 4.19. The smallest absolute Gasteiger partial charge is 0.326 e. The molecule has 0 aromatic carbocycles. The van der Waals surface area contributed by atoms with E-state index in [1.54, 1.807) is 0 Å². The number of carboxylic acids is 1. The predicted octanol–water partition coefficient (Wildman–Crippen LogP) is -0.905. The summed E-state index contributed by atoms with van der Waals surface area (Å²) in [5.41, 5.74) is 5.24. The third kappa shape index (κ3) is 7.18. The van der Waals surface area contributed by atoms with Gasteiger partial charge in [-0.3, -0.25) is 19.2 Å². The molecule has 4 atom stereocenters. The molecule has 2 rings (SSSR count). The van der Waals surface area contributed by atoms with Gasteiger partial charge in [0.05, 0.1) is 6.04 Å². The van der Waals surface area contributed by atoms with Crippen LogP contribution < -0.4 is 21.7 Å². The molecule has 2 aliphatic heterocycles. The summed E-state index contributed by atoms with van der Waals surface area (Å²) in [4.78, 5) is 62.8. The first-order valence-electron chi connectivity index (χ1n) is 11.3. The first kappa shape index (κ1) is 25.6. The molecule has 2 aliphatic rings. The summed E-state index contributed by atoms with van der Waals surface area (Å²) in [6, 6.07) is -3.26. The van der Waals surface area contributed by atoms with Crippen molar-refractivity contribution in [3.63, 3.8) is 0 Å². The molecule has 32 heavy (non-hydrogen) atoms. The highest BCUT2D eigenvalue weighted by atomic mass is 16.4. The Morgan fingerprint density at radius 1 is 1.06 bits per heavy atom. The van der Waals surface area contributed by atoms with E-state index in [0.717, 1.165) is 6.42 Å². The lowest BCUT2D eigenvalue weighted by molar-refractivity contribution is -0.145. The largest absolute Gasteiger partial charge is 0.480 e. The van der Waals surface area contributed by atoms with Gasteiger partial charge < -0.3 is 31.7 Å². The predicted molar refractivity (Wildman–Crippen MR) is 115 cm³/mol. The minimum Gasteiger partial charge on any atom is -0.480 e. The minimum absolute atomic E-state index is 0.0303. The van der Waals surface area contributed by atoms with Crippen LogP contribution >= 0.6 is 0 Å². The van der Waals surface area contributed by atoms with E-state index in [9.17, 15) is 29.1 Å². The third-order valence-corrected chi connectivity index (χ3v) is 5.83. The van der Waals surface area contributed by atoms with Crippen molar-refractivity contribution in [2.75, 3.05) is 13.1 Å². The summed E-state index contributed by atoms with van der Waals surface area (Å²) in [7, 11) is 0. The molecule has 180 valence electrons. The molecular weight excluding hydrogens is 418 g/mol. The number of carbonyl (C=O) groups excluding carboxylic acids is 4. The highest BCUT2D eigenvalue weighted by Crippen LogP contribution is 2.21. The number of primary amides is 1. The molecule has 4 amide bonds. The number of aliphatic carboxylic acids is 1. The molecule has 0 bridgehead atoms. The van der Waals surface area contributed by atoms with Gasteiger partial charge in [-0.05, 0) is 51.0 Å². The van der Waals surface area contributed by atoms with Gasteiger partial charge in [-0.15, -0.1) is 0 Å². The zero-order valence-electron chi connectivity index (χ0n) is 18.8. The van der Waals surface area contributed by atoms with E-state index < -0.39 is 47.9 Å². The van der Waals surface area contributed by atoms with E-state index in [1.807, 2.05) is 13.8 Å². The Kier molecular flexibility index (Phi) is 9.42. The number of hydrogen-bond acceptors (Lipinski definition) is 6. The fraction of sp³-hybridized carbons (Fsp3) is 0.762. The Hall–Kier alpha value is -2.69. The molecular formula is C21H35N5O6. The topological polar surface area (TPSA) is 171 Å². The van der Waals surface area contributed by atoms with Crippen LogP contribution in [0.5, 0.6) is 0 Å². The molecule has 2 heterocycles. The van der Waals surface area contributed by atoms with Gasteiger partial charge in [-0.1, -0.05) is 13.8 Å². The zero-order valence-corrected chi connectivity index (χ0v) is 18.8. The number of nitrogens with one attached hydrogen (secondary N) is 3. The zero-order chi connectivity index (χ0) is 23.8. The maximum absolute atomic E-state index is 13.3. The number of nitrogens with two attached hydrogens (primary N) is 1. The van der Waals surface area contributed by atoms with Gasteiger partial charge in [0.1, 0.15) is 18.1 Å². The Labute approximate surface area is 187 Å². The second-order valence-electron chi connectivity index (χ2n) is 8.93. The fourth-order valence-corrected chi connectivity index (χ4v) is 4.19. The van der Waals surface area contributed by atoms with E-state index in [0.29, 0.717) is 32.4 Å². The van der Waals surface area contributed by atoms with Crippen molar-refractivity contribution in [2.45, 2.75) is 83.0 Å². The molecule has 11 heteroatoms. The van der Waals surface area contributed by atoms with Gasteiger partial charge in [0.15, 0.2) is 0 Å². The first-order valence-corrected chi connectivity index (χ1v) is 11.3. The summed E-state index contributed by atoms with van der Waals surface area (Å²) in [5.74, 6) is -2.97. The standard InChI is InChI=1S/C21H35N5O6/c1-12(2)11-15(21(31)32)25-19(29)16-6-4-10-26(16)20(30)14(7-8-17(22)27)24-18(28)13-5-3-9-23-13/h12-16,23H,3-11H2,1-2H3,(H2,22,27)(H,24,28)(H,25,29)(H,31,32). The van der Waals surface area contributed by atoms with Crippen LogP contribution in [-0.2, 0) is 24.0 Å². The first-order chi connectivity index (χ1) is 15.1. The lowest BCUT2D eigenvalue weighted by atomic mass is 10.0. The quantitative estimate of drug-likeness (QED) is 0.270. The van der Waals surface area contributed by atoms with Gasteiger partial charge in [0, 0.05) is 13.0 Å². The van der Waals surface area contributed by atoms with E-state index in [2.05, 4.69) is 16.0 Å². The van der Waals surface area contributed by atoms with Crippen LogP contribution in [0.2, 0.25) is 0 Å². The lowest BCUT2D eigenvalue weighted by Crippen LogP contribution is -2.56. The third-order valence-electron chi connectivity index (χ3n) is 5.83. The molecule has 2 saturated heterocycles. The second-order valence-corrected chi connectivity index (χ2v) is 8.93. The number of carboxylic acid groups (broad SMARTS) is 1. The second kappa shape index (κ2) is 11.8. The van der Waals surface area contributed by atoms with Crippen LogP contribution in [0.4, 0.5) is 0 Å². The molecule has 0 radical (unpaired) electrons. The summed E-state index contributed by atoms with van der Waals surface area (Å²) in [6.07, 6.45) is 2.70. The van der Waals surface area contributed by atoms with Crippen LogP contribution in [0.1, 0.15) is 58.8 Å². The van der Waals surface area contributed by atoms with E-state index in [1.165, 1.54) is 4.90 Å². The summed E-state index contributed by atoms with van der Waals surface area (Å²) in [5, 5.41) is 17.7. The van der Waals surface area contributed by atoms with Gasteiger partial charge >= 0.3 is 5.97 Å². The summed E-state index contributed by atoms with van der Waals surface area (Å²) in [6.45, 7) is 4.74. The van der Waals surface area contributed by atoms with Crippen LogP contribution in [0.25, 0.3) is 0 Å². The van der Waals surface area contributed by atoms with Crippen molar-refractivity contribution in [3.05, 3.63) is 0 Å². The molecule has 2 fully saturated rings. The Bertz CT molecular complexity index is 721. The molecule has 0 aromatic rings. The van der Waals surface area contributed by atoms with E-state index in [-0.39, 0.29) is 31.1 Å². The maximum Gasteiger partial charge on any atom is 0.326 e. The van der Waals surface area contributed by atoms with Crippen molar-refractivity contribution >= 4 is 29.6 Å². The Balaban J connectivity index is 2.10. The van der Waals surface area contributed by atoms with Crippen LogP contribution in [0.3, 0.4) is 0 Å². The summed E-state index contributed by atoms with van der Waals surface area (Å²) >= 11 is 0. The van der Waals surface area contributed by atoms with Gasteiger partial charge in [0.25, 0.3) is 0 Å². The number of likely N-dealkylation sites (tertiary alicyclic amines) is 1. The summed E-state index contributed by atoms with van der Waals surface area (Å²) < 4.78 is 0.